The normalized spacial score (nSPS) is 12.4. The molecule has 3 aromatic heterocycles. The molecule has 0 aliphatic carbocycles. The van der Waals surface area contributed by atoms with Gasteiger partial charge in [-0.2, -0.15) is 0 Å². The van der Waals surface area contributed by atoms with Crippen LogP contribution >= 0.6 is 0 Å². The minimum atomic E-state index is -1.38. The van der Waals surface area contributed by atoms with Crippen molar-refractivity contribution in [3.63, 3.8) is 0 Å². The molecule has 0 aliphatic rings. The van der Waals surface area contributed by atoms with Gasteiger partial charge in [0.2, 0.25) is 11.8 Å². The molecule has 0 radical (unpaired) electrons. The molecule has 0 aromatic carbocycles. The molecule has 1 unspecified atom stereocenters. The van der Waals surface area contributed by atoms with Gasteiger partial charge in [0.05, 0.1) is 12.2 Å². The molecule has 3 rings (SSSR count). The van der Waals surface area contributed by atoms with Gasteiger partial charge in [0.25, 0.3) is 5.56 Å². The smallest absolute Gasteiger partial charge is 0.405 e. The molecule has 0 aliphatic heterocycles. The maximum Gasteiger partial charge on any atom is 0.405 e. The Hall–Kier alpha value is -4.55. The van der Waals surface area contributed by atoms with E-state index in [0.717, 1.165) is 24.1 Å². The molecule has 0 saturated carbocycles. The van der Waals surface area contributed by atoms with Gasteiger partial charge in [-0.3, -0.25) is 14.4 Å². The summed E-state index contributed by atoms with van der Waals surface area (Å²) in [5, 5.41) is 13.9. The van der Waals surface area contributed by atoms with Gasteiger partial charge >= 0.3 is 6.09 Å². The van der Waals surface area contributed by atoms with E-state index in [1.54, 1.807) is 32.4 Å². The number of amides is 3. The predicted molar refractivity (Wildman–Crippen MR) is 150 cm³/mol. The van der Waals surface area contributed by atoms with E-state index in [9.17, 15) is 24.3 Å². The fourth-order valence-corrected chi connectivity index (χ4v) is 3.83. The molecule has 4 N–H and O–H groups in total. The monoisotopic (exact) mass is 552 g/mol. The summed E-state index contributed by atoms with van der Waals surface area (Å²) in [6.07, 6.45) is 6.61. The molecule has 13 heteroatoms. The van der Waals surface area contributed by atoms with Crippen LogP contribution in [0.2, 0.25) is 0 Å². The lowest BCUT2D eigenvalue weighted by atomic mass is 9.90. The van der Waals surface area contributed by atoms with Crippen molar-refractivity contribution < 1.29 is 19.5 Å². The molecule has 3 heterocycles. The first-order chi connectivity index (χ1) is 18.8. The number of nitrogens with zero attached hydrogens (tertiary/aromatic N) is 5. The van der Waals surface area contributed by atoms with Crippen LogP contribution in [0, 0.1) is 5.41 Å². The van der Waals surface area contributed by atoms with E-state index < -0.39 is 23.6 Å². The number of carbonyl (C=O) groups is 3. The Morgan fingerprint density at radius 3 is 2.65 bits per heavy atom. The van der Waals surface area contributed by atoms with Gasteiger partial charge in [0, 0.05) is 20.3 Å². The van der Waals surface area contributed by atoms with Crippen LogP contribution in [0.15, 0.2) is 41.6 Å². The van der Waals surface area contributed by atoms with Crippen LogP contribution in [0.4, 0.5) is 10.5 Å². The van der Waals surface area contributed by atoms with Gasteiger partial charge in [-0.15, -0.1) is 0 Å². The molecule has 0 bridgehead atoms. The standard InChI is InChI=1S/C27H36N8O5/c1-27(2,3)13-12-17-22-23(29-16-28-17)33-20(32-22)15-35-14-8-10-19(25(35)38)30-24(37)18(31-26(39)40)9-6-7-11-21(36)34(4)5/h7-8,10-11,14,16,18,31H,6,9,12-13,15H2,1-5H3,(H,30,37)(H,39,40)(H,28,29,32,33). The van der Waals surface area contributed by atoms with Gasteiger partial charge in [0.15, 0.2) is 5.65 Å². The highest BCUT2D eigenvalue weighted by Crippen LogP contribution is 2.23. The van der Waals surface area contributed by atoms with Crippen molar-refractivity contribution in [2.24, 2.45) is 5.41 Å². The lowest BCUT2D eigenvalue weighted by Crippen LogP contribution is -2.44. The average Bonchev–Trinajstić information content (AvgIpc) is 3.29. The number of aromatic nitrogens is 5. The minimum Gasteiger partial charge on any atom is -0.465 e. The Morgan fingerprint density at radius 1 is 1.23 bits per heavy atom. The van der Waals surface area contributed by atoms with Crippen molar-refractivity contribution in [3.05, 3.63) is 58.7 Å². The van der Waals surface area contributed by atoms with E-state index in [1.807, 2.05) is 0 Å². The number of H-pyrrole nitrogens is 1. The number of aromatic amines is 1. The zero-order chi connectivity index (χ0) is 29.4. The van der Waals surface area contributed by atoms with Crippen LogP contribution in [0.3, 0.4) is 0 Å². The second kappa shape index (κ2) is 13.0. The number of pyridine rings is 1. The highest BCUT2D eigenvalue weighted by Gasteiger charge is 2.21. The molecule has 1 atom stereocenters. The van der Waals surface area contributed by atoms with E-state index >= 15 is 0 Å². The van der Waals surface area contributed by atoms with Gasteiger partial charge in [-0.1, -0.05) is 26.8 Å². The highest BCUT2D eigenvalue weighted by molar-refractivity contribution is 5.96. The van der Waals surface area contributed by atoms with Crippen molar-refractivity contribution in [1.82, 2.24) is 34.7 Å². The summed E-state index contributed by atoms with van der Waals surface area (Å²) in [7, 11) is 3.21. The Balaban J connectivity index is 1.74. The molecule has 40 heavy (non-hydrogen) atoms. The number of rotatable bonds is 11. The number of fused-ring (bicyclic) bond motifs is 1. The van der Waals surface area contributed by atoms with E-state index in [0.29, 0.717) is 11.5 Å². The number of nitrogens with one attached hydrogen (secondary N) is 3. The number of anilines is 1. The SMILES string of the molecule is CN(C)C(=O)C=CCCC(NC(=O)O)C(=O)Nc1cccn(Cc2nc3ncnc(CCC(C)(C)C)c3[nH]2)c1=O. The van der Waals surface area contributed by atoms with E-state index in [4.69, 9.17) is 0 Å². The summed E-state index contributed by atoms with van der Waals surface area (Å²) in [4.78, 5) is 66.7. The number of carbonyl (C=O) groups excluding carboxylic acids is 2. The van der Waals surface area contributed by atoms with Crippen molar-refractivity contribution in [2.45, 2.75) is 59.0 Å². The van der Waals surface area contributed by atoms with Crippen molar-refractivity contribution in [2.75, 3.05) is 19.4 Å². The molecule has 3 aromatic rings. The fraction of sp³-hybridized carbons (Fsp3) is 0.444. The zero-order valence-electron chi connectivity index (χ0n) is 23.4. The van der Waals surface area contributed by atoms with Gasteiger partial charge in [0.1, 0.15) is 29.4 Å². The third kappa shape index (κ3) is 8.48. The molecule has 3 amide bonds. The lowest BCUT2D eigenvalue weighted by Gasteiger charge is -2.17. The molecule has 0 spiro atoms. The van der Waals surface area contributed by atoms with Crippen LogP contribution < -0.4 is 16.2 Å². The summed E-state index contributed by atoms with van der Waals surface area (Å²) in [5.41, 5.74) is 1.73. The van der Waals surface area contributed by atoms with Gasteiger partial charge in [-0.25, -0.2) is 19.7 Å². The zero-order valence-corrected chi connectivity index (χ0v) is 23.4. The van der Waals surface area contributed by atoms with Gasteiger partial charge in [-0.05, 0) is 49.3 Å². The first-order valence-corrected chi connectivity index (χ1v) is 12.9. The Bertz CT molecular complexity index is 1450. The molecule has 0 saturated heterocycles. The summed E-state index contributed by atoms with van der Waals surface area (Å²) < 4.78 is 1.38. The Morgan fingerprint density at radius 2 is 1.98 bits per heavy atom. The van der Waals surface area contributed by atoms with E-state index in [2.05, 4.69) is 51.3 Å². The highest BCUT2D eigenvalue weighted by atomic mass is 16.4. The van der Waals surface area contributed by atoms with Crippen molar-refractivity contribution in [1.29, 1.82) is 0 Å². The van der Waals surface area contributed by atoms with E-state index in [1.165, 1.54) is 27.9 Å². The molecule has 0 fully saturated rings. The summed E-state index contributed by atoms with van der Waals surface area (Å²) >= 11 is 0. The number of aryl methyl sites for hydroxylation is 1. The Labute approximate surface area is 231 Å². The van der Waals surface area contributed by atoms with Crippen LogP contribution in [0.1, 0.15) is 51.6 Å². The number of imidazole rings is 1. The summed E-state index contributed by atoms with van der Waals surface area (Å²) in [6, 6.07) is 1.91. The number of likely N-dealkylation sites (N-methyl/N-ethyl adjacent to an activating group) is 1. The molecular formula is C27H36N8O5. The number of hydrogen-bond acceptors (Lipinski definition) is 7. The van der Waals surface area contributed by atoms with Crippen LogP contribution in [-0.2, 0) is 22.6 Å². The quantitative estimate of drug-likeness (QED) is 0.262. The number of carboxylic acid groups (broad SMARTS) is 1. The minimum absolute atomic E-state index is 0.00946. The molecule has 13 nitrogen and oxygen atoms in total. The Kier molecular flexibility index (Phi) is 9.75. The van der Waals surface area contributed by atoms with Crippen molar-refractivity contribution in [3.8, 4) is 0 Å². The largest absolute Gasteiger partial charge is 0.465 e. The maximum absolute atomic E-state index is 13.1. The van der Waals surface area contributed by atoms with Gasteiger partial charge < -0.3 is 30.2 Å². The van der Waals surface area contributed by atoms with Crippen LogP contribution in [-0.4, -0.2) is 72.6 Å². The number of allylic oxidation sites excluding steroid dienone is 1. The first-order valence-electron chi connectivity index (χ1n) is 12.9. The third-order valence-corrected chi connectivity index (χ3v) is 6.06. The average molecular weight is 553 g/mol. The third-order valence-electron chi connectivity index (χ3n) is 6.06. The second-order valence-electron chi connectivity index (χ2n) is 10.8. The first kappa shape index (κ1) is 30.0. The topological polar surface area (TPSA) is 175 Å². The summed E-state index contributed by atoms with van der Waals surface area (Å²) in [6.45, 7) is 6.58. The van der Waals surface area contributed by atoms with Crippen LogP contribution in [0.5, 0.6) is 0 Å². The molecular weight excluding hydrogens is 516 g/mol. The van der Waals surface area contributed by atoms with Crippen molar-refractivity contribution >= 4 is 34.8 Å². The van der Waals surface area contributed by atoms with E-state index in [-0.39, 0.29) is 36.4 Å². The number of hydrogen-bond donors (Lipinski definition) is 4. The second-order valence-corrected chi connectivity index (χ2v) is 10.8. The van der Waals surface area contributed by atoms with Crippen LogP contribution in [0.25, 0.3) is 11.2 Å². The summed E-state index contributed by atoms with van der Waals surface area (Å²) in [5.74, 6) is -0.413. The lowest BCUT2D eigenvalue weighted by molar-refractivity contribution is -0.123. The molecule has 214 valence electrons. The predicted octanol–water partition coefficient (Wildman–Crippen LogP) is 2.54. The maximum atomic E-state index is 13.1. The fourth-order valence-electron chi connectivity index (χ4n) is 3.83.